The second kappa shape index (κ2) is 6.51. The van der Waals surface area contributed by atoms with E-state index in [1.165, 1.54) is 57.1 Å². The van der Waals surface area contributed by atoms with Gasteiger partial charge in [0.15, 0.2) is 0 Å². The summed E-state index contributed by atoms with van der Waals surface area (Å²) >= 11 is 0. The Hall–Kier alpha value is -1.18. The average molecular weight is 273 g/mol. The van der Waals surface area contributed by atoms with Crippen LogP contribution in [0.2, 0.25) is 0 Å². The number of anilines is 1. The van der Waals surface area contributed by atoms with Gasteiger partial charge in [0.1, 0.15) is 5.75 Å². The molecule has 2 atom stereocenters. The molecule has 0 aliphatic heterocycles. The number of hydrogen-bond acceptors (Lipinski definition) is 2. The van der Waals surface area contributed by atoms with E-state index in [1.54, 1.807) is 0 Å². The van der Waals surface area contributed by atoms with Crippen LogP contribution in [0.5, 0.6) is 5.75 Å². The third kappa shape index (κ3) is 3.68. The van der Waals surface area contributed by atoms with Gasteiger partial charge in [0.2, 0.25) is 0 Å². The first-order valence-electron chi connectivity index (χ1n) is 8.33. The lowest BCUT2D eigenvalue weighted by Gasteiger charge is -2.28. The lowest BCUT2D eigenvalue weighted by Crippen LogP contribution is -2.26. The molecule has 20 heavy (non-hydrogen) atoms. The van der Waals surface area contributed by atoms with Crippen LogP contribution in [0.25, 0.3) is 0 Å². The molecule has 0 radical (unpaired) electrons. The Kier molecular flexibility index (Phi) is 4.49. The van der Waals surface area contributed by atoms with E-state index >= 15 is 0 Å². The van der Waals surface area contributed by atoms with Gasteiger partial charge in [-0.15, -0.1) is 0 Å². The average Bonchev–Trinajstić information content (AvgIpc) is 2.94. The first kappa shape index (κ1) is 13.8. The van der Waals surface area contributed by atoms with Crippen molar-refractivity contribution in [2.75, 3.05) is 5.32 Å². The Balaban J connectivity index is 1.52. The van der Waals surface area contributed by atoms with Gasteiger partial charge in [0.25, 0.3) is 0 Å². The van der Waals surface area contributed by atoms with Gasteiger partial charge >= 0.3 is 0 Å². The molecule has 1 N–H and O–H groups in total. The number of rotatable bonds is 4. The van der Waals surface area contributed by atoms with E-state index in [0.29, 0.717) is 12.1 Å². The molecule has 2 unspecified atom stereocenters. The number of nitrogens with one attached hydrogen (secondary N) is 1. The highest BCUT2D eigenvalue weighted by atomic mass is 16.5. The fourth-order valence-corrected chi connectivity index (χ4v) is 3.63. The molecule has 0 aromatic heterocycles. The quantitative estimate of drug-likeness (QED) is 0.833. The molecule has 0 heterocycles. The van der Waals surface area contributed by atoms with E-state index in [2.05, 4.69) is 36.5 Å². The van der Waals surface area contributed by atoms with Crippen LogP contribution < -0.4 is 10.1 Å². The normalized spacial score (nSPS) is 27.4. The summed E-state index contributed by atoms with van der Waals surface area (Å²) < 4.78 is 6.01. The first-order chi connectivity index (χ1) is 9.79. The van der Waals surface area contributed by atoms with E-state index in [-0.39, 0.29) is 0 Å². The van der Waals surface area contributed by atoms with Crippen molar-refractivity contribution in [2.24, 2.45) is 5.92 Å². The third-order valence-electron chi connectivity index (χ3n) is 4.77. The van der Waals surface area contributed by atoms with Crippen LogP contribution in [0.3, 0.4) is 0 Å². The Morgan fingerprint density at radius 2 is 1.70 bits per heavy atom. The molecule has 3 rings (SSSR count). The molecule has 1 aromatic carbocycles. The smallest absolute Gasteiger partial charge is 0.119 e. The van der Waals surface area contributed by atoms with E-state index in [4.69, 9.17) is 4.74 Å². The first-order valence-corrected chi connectivity index (χ1v) is 8.33. The summed E-state index contributed by atoms with van der Waals surface area (Å²) in [6.45, 7) is 2.37. The van der Waals surface area contributed by atoms with Gasteiger partial charge in [-0.05, 0) is 68.7 Å². The summed E-state index contributed by atoms with van der Waals surface area (Å²) in [5.41, 5.74) is 1.24. The van der Waals surface area contributed by atoms with Gasteiger partial charge in [0.05, 0.1) is 6.10 Å². The summed E-state index contributed by atoms with van der Waals surface area (Å²) in [6.07, 6.45) is 10.9. The molecule has 2 aliphatic carbocycles. The van der Waals surface area contributed by atoms with Gasteiger partial charge in [-0.1, -0.05) is 19.8 Å². The molecular formula is C18H27NO. The Morgan fingerprint density at radius 1 is 0.950 bits per heavy atom. The summed E-state index contributed by atoms with van der Waals surface area (Å²) in [7, 11) is 0. The molecule has 2 saturated carbocycles. The molecule has 1 aromatic rings. The standard InChI is InChI=1S/C18H27NO/c1-14-5-4-6-16(13-14)19-15-9-11-18(12-10-15)20-17-7-2-3-8-17/h9-12,14,16-17,19H,2-8,13H2,1H3. The van der Waals surface area contributed by atoms with Crippen LogP contribution in [0, 0.1) is 5.92 Å². The highest BCUT2D eigenvalue weighted by Gasteiger charge is 2.19. The maximum atomic E-state index is 6.01. The second-order valence-corrected chi connectivity index (χ2v) is 6.66. The number of benzene rings is 1. The minimum atomic E-state index is 0.452. The summed E-state index contributed by atoms with van der Waals surface area (Å²) in [5.74, 6) is 1.89. The minimum Gasteiger partial charge on any atom is -0.490 e. The summed E-state index contributed by atoms with van der Waals surface area (Å²) in [6, 6.07) is 9.23. The predicted octanol–water partition coefficient (Wildman–Crippen LogP) is 5.00. The van der Waals surface area contributed by atoms with Crippen LogP contribution in [0.1, 0.15) is 58.3 Å². The zero-order chi connectivity index (χ0) is 13.8. The maximum Gasteiger partial charge on any atom is 0.119 e. The van der Waals surface area contributed by atoms with Gasteiger partial charge in [-0.25, -0.2) is 0 Å². The molecule has 2 nitrogen and oxygen atoms in total. The van der Waals surface area contributed by atoms with Crippen molar-refractivity contribution in [1.29, 1.82) is 0 Å². The van der Waals surface area contributed by atoms with Crippen molar-refractivity contribution >= 4 is 5.69 Å². The second-order valence-electron chi connectivity index (χ2n) is 6.66. The van der Waals surface area contributed by atoms with Crippen LogP contribution >= 0.6 is 0 Å². The van der Waals surface area contributed by atoms with Gasteiger partial charge in [-0.3, -0.25) is 0 Å². The van der Waals surface area contributed by atoms with Crippen molar-refractivity contribution in [3.8, 4) is 5.75 Å². The van der Waals surface area contributed by atoms with E-state index in [1.807, 2.05) is 0 Å². The van der Waals surface area contributed by atoms with Crippen molar-refractivity contribution in [3.05, 3.63) is 24.3 Å². The third-order valence-corrected chi connectivity index (χ3v) is 4.77. The SMILES string of the molecule is CC1CCCC(Nc2ccc(OC3CCCC3)cc2)C1. The molecule has 2 heteroatoms. The molecule has 0 saturated heterocycles. The zero-order valence-electron chi connectivity index (χ0n) is 12.6. The Labute approximate surface area is 122 Å². The monoisotopic (exact) mass is 273 g/mol. The molecule has 110 valence electrons. The Morgan fingerprint density at radius 3 is 2.40 bits per heavy atom. The molecule has 0 spiro atoms. The van der Waals surface area contributed by atoms with Gasteiger partial charge in [-0.2, -0.15) is 0 Å². The minimum absolute atomic E-state index is 0.452. The zero-order valence-corrected chi connectivity index (χ0v) is 12.6. The molecule has 0 amide bonds. The van der Waals surface area contributed by atoms with Crippen LogP contribution in [-0.2, 0) is 0 Å². The van der Waals surface area contributed by atoms with Crippen LogP contribution in [-0.4, -0.2) is 12.1 Å². The van der Waals surface area contributed by atoms with Gasteiger partial charge < -0.3 is 10.1 Å². The van der Waals surface area contributed by atoms with Crippen molar-refractivity contribution in [2.45, 2.75) is 70.4 Å². The number of hydrogen-bond donors (Lipinski definition) is 1. The fourth-order valence-electron chi connectivity index (χ4n) is 3.63. The number of ether oxygens (including phenoxy) is 1. The molecule has 0 bridgehead atoms. The summed E-state index contributed by atoms with van der Waals surface area (Å²) in [4.78, 5) is 0. The van der Waals surface area contributed by atoms with Crippen LogP contribution in [0.4, 0.5) is 5.69 Å². The van der Waals surface area contributed by atoms with Crippen molar-refractivity contribution in [1.82, 2.24) is 0 Å². The van der Waals surface area contributed by atoms with Crippen molar-refractivity contribution < 1.29 is 4.74 Å². The predicted molar refractivity (Wildman–Crippen MR) is 84.4 cm³/mol. The molecule has 2 fully saturated rings. The highest BCUT2D eigenvalue weighted by Crippen LogP contribution is 2.28. The Bertz CT molecular complexity index is 408. The van der Waals surface area contributed by atoms with Crippen LogP contribution in [0.15, 0.2) is 24.3 Å². The van der Waals surface area contributed by atoms with Crippen molar-refractivity contribution in [3.63, 3.8) is 0 Å². The van der Waals surface area contributed by atoms with E-state index < -0.39 is 0 Å². The van der Waals surface area contributed by atoms with Gasteiger partial charge in [0, 0.05) is 11.7 Å². The van der Waals surface area contributed by atoms with E-state index in [9.17, 15) is 0 Å². The lowest BCUT2D eigenvalue weighted by molar-refractivity contribution is 0.210. The summed E-state index contributed by atoms with van der Waals surface area (Å²) in [5, 5.41) is 3.68. The largest absolute Gasteiger partial charge is 0.490 e. The van der Waals surface area contributed by atoms with E-state index in [0.717, 1.165) is 11.7 Å². The highest BCUT2D eigenvalue weighted by molar-refractivity contribution is 5.47. The maximum absolute atomic E-state index is 6.01. The fraction of sp³-hybridized carbons (Fsp3) is 0.667. The topological polar surface area (TPSA) is 21.3 Å². The lowest BCUT2D eigenvalue weighted by atomic mass is 9.87. The molecular weight excluding hydrogens is 246 g/mol. The molecule has 2 aliphatic rings.